The number of halogens is 1. The maximum absolute atomic E-state index is 13.6. The molecular weight excluding hydrogens is 317 g/mol. The lowest BCUT2D eigenvalue weighted by molar-refractivity contribution is 0.102. The monoisotopic (exact) mass is 335 g/mol. The van der Waals surface area contributed by atoms with Crippen LogP contribution < -0.4 is 10.1 Å². The van der Waals surface area contributed by atoms with Gasteiger partial charge in [-0.25, -0.2) is 4.39 Å². The molecule has 0 aliphatic carbocycles. The summed E-state index contributed by atoms with van der Waals surface area (Å²) >= 11 is 0. The molecule has 1 amide bonds. The summed E-state index contributed by atoms with van der Waals surface area (Å²) in [6, 6.07) is 23.0. The molecule has 0 heterocycles. The Labute approximate surface area is 146 Å². The lowest BCUT2D eigenvalue weighted by atomic mass is 10.1. The van der Waals surface area contributed by atoms with Crippen molar-refractivity contribution in [2.45, 2.75) is 6.42 Å². The van der Waals surface area contributed by atoms with Crippen molar-refractivity contribution < 1.29 is 13.9 Å². The van der Waals surface area contributed by atoms with Crippen molar-refractivity contribution >= 4 is 11.6 Å². The summed E-state index contributed by atoms with van der Waals surface area (Å²) in [7, 11) is 0. The van der Waals surface area contributed by atoms with Gasteiger partial charge in [0, 0.05) is 12.0 Å². The molecule has 4 heteroatoms. The Morgan fingerprint density at radius 2 is 1.56 bits per heavy atom. The predicted molar refractivity (Wildman–Crippen MR) is 96.4 cm³/mol. The lowest BCUT2D eigenvalue weighted by Crippen LogP contribution is -2.12. The zero-order valence-corrected chi connectivity index (χ0v) is 13.6. The van der Waals surface area contributed by atoms with Crippen LogP contribution in [-0.2, 0) is 6.42 Å². The Bertz CT molecular complexity index is 832. The Balaban J connectivity index is 1.54. The Morgan fingerprint density at radius 1 is 0.880 bits per heavy atom. The molecule has 3 aromatic carbocycles. The Kier molecular flexibility index (Phi) is 5.42. The smallest absolute Gasteiger partial charge is 0.255 e. The summed E-state index contributed by atoms with van der Waals surface area (Å²) in [6.07, 6.45) is 0.816. The molecule has 0 aliphatic heterocycles. The fourth-order valence-corrected chi connectivity index (χ4v) is 2.39. The minimum absolute atomic E-state index is 0.163. The number of rotatable bonds is 6. The van der Waals surface area contributed by atoms with Crippen LogP contribution in [0.2, 0.25) is 0 Å². The van der Waals surface area contributed by atoms with Crippen LogP contribution in [0.3, 0.4) is 0 Å². The summed E-state index contributed by atoms with van der Waals surface area (Å²) < 4.78 is 19.3. The van der Waals surface area contributed by atoms with Crippen molar-refractivity contribution in [3.63, 3.8) is 0 Å². The molecule has 3 rings (SSSR count). The van der Waals surface area contributed by atoms with Crippen LogP contribution in [0.25, 0.3) is 0 Å². The van der Waals surface area contributed by atoms with E-state index in [2.05, 4.69) is 17.4 Å². The molecule has 0 saturated carbocycles. The van der Waals surface area contributed by atoms with Gasteiger partial charge in [0.1, 0.15) is 11.6 Å². The highest BCUT2D eigenvalue weighted by molar-refractivity contribution is 6.04. The van der Waals surface area contributed by atoms with Gasteiger partial charge in [0.25, 0.3) is 5.91 Å². The van der Waals surface area contributed by atoms with Gasteiger partial charge in [-0.3, -0.25) is 4.79 Å². The van der Waals surface area contributed by atoms with Crippen LogP contribution in [0.15, 0.2) is 78.9 Å². The number of hydrogen-bond acceptors (Lipinski definition) is 2. The highest BCUT2D eigenvalue weighted by Gasteiger charge is 2.09. The van der Waals surface area contributed by atoms with E-state index in [1.165, 1.54) is 17.7 Å². The topological polar surface area (TPSA) is 38.3 Å². The van der Waals surface area contributed by atoms with Gasteiger partial charge < -0.3 is 10.1 Å². The van der Waals surface area contributed by atoms with E-state index in [4.69, 9.17) is 4.74 Å². The van der Waals surface area contributed by atoms with Gasteiger partial charge in [0.15, 0.2) is 0 Å². The molecule has 0 saturated heterocycles. The second kappa shape index (κ2) is 8.11. The molecule has 0 radical (unpaired) electrons. The molecule has 3 aromatic rings. The van der Waals surface area contributed by atoms with Crippen molar-refractivity contribution in [2.75, 3.05) is 11.9 Å². The van der Waals surface area contributed by atoms with Crippen molar-refractivity contribution in [3.8, 4) is 5.75 Å². The normalized spacial score (nSPS) is 10.3. The van der Waals surface area contributed by atoms with E-state index < -0.39 is 5.82 Å². The lowest BCUT2D eigenvalue weighted by Gasteiger charge is -2.08. The van der Waals surface area contributed by atoms with Gasteiger partial charge >= 0.3 is 0 Å². The molecule has 3 nitrogen and oxygen atoms in total. The molecule has 126 valence electrons. The van der Waals surface area contributed by atoms with Crippen LogP contribution in [0.4, 0.5) is 10.1 Å². The maximum atomic E-state index is 13.6. The van der Waals surface area contributed by atoms with Crippen molar-refractivity contribution in [2.24, 2.45) is 0 Å². The SMILES string of the molecule is O=C(Nc1ccccc1F)c1ccc(OCCc2ccccc2)cc1. The number of anilines is 1. The third-order valence-corrected chi connectivity index (χ3v) is 3.74. The molecule has 0 spiro atoms. The molecule has 0 aliphatic rings. The van der Waals surface area contributed by atoms with Gasteiger partial charge in [-0.15, -0.1) is 0 Å². The van der Waals surface area contributed by atoms with Crippen LogP contribution in [0, 0.1) is 5.82 Å². The fourth-order valence-electron chi connectivity index (χ4n) is 2.39. The van der Waals surface area contributed by atoms with Crippen molar-refractivity contribution in [3.05, 3.63) is 95.8 Å². The standard InChI is InChI=1S/C21H18FNO2/c22-19-8-4-5-9-20(19)23-21(24)17-10-12-18(13-11-17)25-15-14-16-6-2-1-3-7-16/h1-13H,14-15H2,(H,23,24). The third-order valence-electron chi connectivity index (χ3n) is 3.74. The molecular formula is C21H18FNO2. The van der Waals surface area contributed by atoms with Gasteiger partial charge in [0.05, 0.1) is 12.3 Å². The molecule has 0 aromatic heterocycles. The third kappa shape index (κ3) is 4.67. The summed E-state index contributed by atoms with van der Waals surface area (Å²) in [5.41, 5.74) is 1.82. The Hall–Kier alpha value is -3.14. The van der Waals surface area contributed by atoms with E-state index in [1.807, 2.05) is 18.2 Å². The minimum atomic E-state index is -0.461. The number of ether oxygens (including phenoxy) is 1. The number of para-hydroxylation sites is 1. The van der Waals surface area contributed by atoms with Gasteiger partial charge in [-0.1, -0.05) is 42.5 Å². The van der Waals surface area contributed by atoms with Gasteiger partial charge in [-0.2, -0.15) is 0 Å². The van der Waals surface area contributed by atoms with Crippen LogP contribution in [0.1, 0.15) is 15.9 Å². The molecule has 0 unspecified atom stereocenters. The Morgan fingerprint density at radius 3 is 2.28 bits per heavy atom. The minimum Gasteiger partial charge on any atom is -0.493 e. The summed E-state index contributed by atoms with van der Waals surface area (Å²) in [4.78, 5) is 12.2. The van der Waals surface area contributed by atoms with E-state index in [1.54, 1.807) is 36.4 Å². The summed E-state index contributed by atoms with van der Waals surface area (Å²) in [5, 5.41) is 2.56. The first kappa shape index (κ1) is 16.7. The maximum Gasteiger partial charge on any atom is 0.255 e. The molecule has 25 heavy (non-hydrogen) atoms. The fraction of sp³-hybridized carbons (Fsp3) is 0.0952. The summed E-state index contributed by atoms with van der Waals surface area (Å²) in [6.45, 7) is 0.560. The second-order valence-electron chi connectivity index (χ2n) is 5.54. The number of carbonyl (C=O) groups is 1. The van der Waals surface area contributed by atoms with Crippen molar-refractivity contribution in [1.29, 1.82) is 0 Å². The zero-order chi connectivity index (χ0) is 17.5. The van der Waals surface area contributed by atoms with Gasteiger partial charge in [0.2, 0.25) is 0 Å². The van der Waals surface area contributed by atoms with Gasteiger partial charge in [-0.05, 0) is 42.0 Å². The molecule has 1 N–H and O–H groups in total. The van der Waals surface area contributed by atoms with Crippen LogP contribution in [-0.4, -0.2) is 12.5 Å². The number of benzene rings is 3. The number of hydrogen-bond donors (Lipinski definition) is 1. The van der Waals surface area contributed by atoms with Crippen molar-refractivity contribution in [1.82, 2.24) is 0 Å². The van der Waals surface area contributed by atoms with E-state index in [-0.39, 0.29) is 11.6 Å². The van der Waals surface area contributed by atoms with E-state index in [9.17, 15) is 9.18 Å². The zero-order valence-electron chi connectivity index (χ0n) is 13.6. The molecule has 0 atom stereocenters. The number of carbonyl (C=O) groups excluding carboxylic acids is 1. The first-order chi connectivity index (χ1) is 12.2. The van der Waals surface area contributed by atoms with Crippen LogP contribution in [0.5, 0.6) is 5.75 Å². The largest absolute Gasteiger partial charge is 0.493 e. The number of amides is 1. The molecule has 0 bridgehead atoms. The second-order valence-corrected chi connectivity index (χ2v) is 5.54. The van der Waals surface area contributed by atoms with E-state index in [0.29, 0.717) is 17.9 Å². The first-order valence-electron chi connectivity index (χ1n) is 8.05. The predicted octanol–water partition coefficient (Wildman–Crippen LogP) is 4.70. The van der Waals surface area contributed by atoms with E-state index >= 15 is 0 Å². The number of nitrogens with one attached hydrogen (secondary N) is 1. The highest BCUT2D eigenvalue weighted by Crippen LogP contribution is 2.16. The highest BCUT2D eigenvalue weighted by atomic mass is 19.1. The van der Waals surface area contributed by atoms with E-state index in [0.717, 1.165) is 6.42 Å². The summed E-state index contributed by atoms with van der Waals surface area (Å²) in [5.74, 6) is -0.129. The average molecular weight is 335 g/mol. The van der Waals surface area contributed by atoms with Crippen LogP contribution >= 0.6 is 0 Å². The average Bonchev–Trinajstić information content (AvgIpc) is 2.65. The first-order valence-corrected chi connectivity index (χ1v) is 8.05. The quantitative estimate of drug-likeness (QED) is 0.709. The molecule has 0 fully saturated rings.